The highest BCUT2D eigenvalue weighted by Crippen LogP contribution is 2.38. The summed E-state index contributed by atoms with van der Waals surface area (Å²) in [6, 6.07) is 5.62. The minimum Gasteiger partial charge on any atom is -0.496 e. The van der Waals surface area contributed by atoms with E-state index in [1.807, 2.05) is 18.2 Å². The average molecular weight is 280 g/mol. The topological polar surface area (TPSA) is 38.7 Å². The van der Waals surface area contributed by atoms with Crippen LogP contribution >= 0.6 is 0 Å². The number of hydrogen-bond acceptors (Lipinski definition) is 3. The van der Waals surface area contributed by atoms with Gasteiger partial charge in [0.2, 0.25) is 0 Å². The third-order valence-corrected chi connectivity index (χ3v) is 3.90. The summed E-state index contributed by atoms with van der Waals surface area (Å²) in [5, 5.41) is 10.6. The van der Waals surface area contributed by atoms with Crippen molar-refractivity contribution in [3.05, 3.63) is 23.8 Å². The third kappa shape index (κ3) is 4.41. The van der Waals surface area contributed by atoms with E-state index < -0.39 is 6.10 Å². The lowest BCUT2D eigenvalue weighted by Gasteiger charge is -2.22. The second-order valence-corrected chi connectivity index (χ2v) is 5.24. The molecule has 1 aromatic carbocycles. The Balaban J connectivity index is 2.87. The molecule has 0 saturated carbocycles. The predicted octanol–water partition coefficient (Wildman–Crippen LogP) is 4.34. The molecule has 20 heavy (non-hydrogen) atoms. The average Bonchev–Trinajstić information content (AvgIpc) is 2.50. The zero-order valence-electron chi connectivity index (χ0n) is 13.2. The Morgan fingerprint density at radius 2 is 1.70 bits per heavy atom. The first kappa shape index (κ1) is 16.8. The van der Waals surface area contributed by atoms with Gasteiger partial charge in [-0.1, -0.05) is 45.6 Å². The normalized spacial score (nSPS) is 13.8. The maximum atomic E-state index is 10.6. The van der Waals surface area contributed by atoms with Crippen LogP contribution in [0, 0.1) is 5.92 Å². The van der Waals surface area contributed by atoms with Gasteiger partial charge in [-0.25, -0.2) is 0 Å². The van der Waals surface area contributed by atoms with Crippen molar-refractivity contribution in [1.29, 1.82) is 0 Å². The highest BCUT2D eigenvalue weighted by Gasteiger charge is 2.21. The lowest BCUT2D eigenvalue weighted by molar-refractivity contribution is 0.132. The summed E-state index contributed by atoms with van der Waals surface area (Å²) in [6.45, 7) is 4.39. The standard InChI is InChI=1S/C17H28O3/c1-5-7-9-13(6-2)12-14(18)17-15(19-3)10-8-11-16(17)20-4/h8,10-11,13-14,18H,5-7,9,12H2,1-4H3. The second kappa shape index (κ2) is 8.85. The van der Waals surface area contributed by atoms with Crippen molar-refractivity contribution in [2.24, 2.45) is 5.92 Å². The van der Waals surface area contributed by atoms with Crippen LogP contribution in [0.4, 0.5) is 0 Å². The summed E-state index contributed by atoms with van der Waals surface area (Å²) < 4.78 is 10.7. The monoisotopic (exact) mass is 280 g/mol. The van der Waals surface area contributed by atoms with E-state index in [2.05, 4.69) is 13.8 Å². The van der Waals surface area contributed by atoms with Gasteiger partial charge in [0.1, 0.15) is 11.5 Å². The zero-order chi connectivity index (χ0) is 15.0. The third-order valence-electron chi connectivity index (χ3n) is 3.90. The van der Waals surface area contributed by atoms with Gasteiger partial charge in [0.15, 0.2) is 0 Å². The first-order chi connectivity index (χ1) is 9.67. The van der Waals surface area contributed by atoms with E-state index in [1.54, 1.807) is 14.2 Å². The smallest absolute Gasteiger partial charge is 0.128 e. The summed E-state index contributed by atoms with van der Waals surface area (Å²) in [4.78, 5) is 0. The molecular weight excluding hydrogens is 252 g/mol. The summed E-state index contributed by atoms with van der Waals surface area (Å²) in [5.41, 5.74) is 0.771. The fourth-order valence-corrected chi connectivity index (χ4v) is 2.62. The summed E-state index contributed by atoms with van der Waals surface area (Å²) in [7, 11) is 3.25. The maximum Gasteiger partial charge on any atom is 0.128 e. The van der Waals surface area contributed by atoms with Crippen LogP contribution in [0.15, 0.2) is 18.2 Å². The van der Waals surface area contributed by atoms with E-state index in [0.29, 0.717) is 17.4 Å². The molecule has 0 saturated heterocycles. The number of benzene rings is 1. The molecule has 0 aromatic heterocycles. The Morgan fingerprint density at radius 3 is 2.15 bits per heavy atom. The summed E-state index contributed by atoms with van der Waals surface area (Å²) in [6.07, 6.45) is 4.89. The van der Waals surface area contributed by atoms with E-state index in [-0.39, 0.29) is 0 Å². The molecule has 2 atom stereocenters. The van der Waals surface area contributed by atoms with Crippen molar-refractivity contribution in [2.75, 3.05) is 14.2 Å². The molecule has 0 heterocycles. The van der Waals surface area contributed by atoms with Crippen LogP contribution in [0.3, 0.4) is 0 Å². The summed E-state index contributed by atoms with van der Waals surface area (Å²) in [5.74, 6) is 1.93. The van der Waals surface area contributed by atoms with Crippen LogP contribution in [0.1, 0.15) is 57.6 Å². The molecule has 114 valence electrons. The van der Waals surface area contributed by atoms with Gasteiger partial charge < -0.3 is 14.6 Å². The minimum absolute atomic E-state index is 0.539. The van der Waals surface area contributed by atoms with Gasteiger partial charge in [-0.15, -0.1) is 0 Å². The molecule has 0 spiro atoms. The molecule has 3 heteroatoms. The van der Waals surface area contributed by atoms with Gasteiger partial charge in [-0.3, -0.25) is 0 Å². The SMILES string of the molecule is CCCCC(CC)CC(O)c1c(OC)cccc1OC. The van der Waals surface area contributed by atoms with Gasteiger partial charge >= 0.3 is 0 Å². The van der Waals surface area contributed by atoms with Crippen LogP contribution in [0.2, 0.25) is 0 Å². The van der Waals surface area contributed by atoms with Crippen LogP contribution in [0.5, 0.6) is 11.5 Å². The minimum atomic E-state index is -0.539. The molecule has 0 bridgehead atoms. The van der Waals surface area contributed by atoms with E-state index in [4.69, 9.17) is 9.47 Å². The van der Waals surface area contributed by atoms with Crippen molar-refractivity contribution in [2.45, 2.75) is 52.1 Å². The molecule has 0 aliphatic heterocycles. The van der Waals surface area contributed by atoms with E-state index in [9.17, 15) is 5.11 Å². The number of rotatable bonds is 9. The number of ether oxygens (including phenoxy) is 2. The van der Waals surface area contributed by atoms with Crippen LogP contribution in [0.25, 0.3) is 0 Å². The van der Waals surface area contributed by atoms with Crippen LogP contribution in [-0.4, -0.2) is 19.3 Å². The van der Waals surface area contributed by atoms with Crippen LogP contribution < -0.4 is 9.47 Å². The fraction of sp³-hybridized carbons (Fsp3) is 0.647. The van der Waals surface area contributed by atoms with Crippen LogP contribution in [-0.2, 0) is 0 Å². The Bertz CT molecular complexity index is 368. The van der Waals surface area contributed by atoms with Gasteiger partial charge in [-0.05, 0) is 24.5 Å². The molecular formula is C17H28O3. The van der Waals surface area contributed by atoms with Crippen molar-refractivity contribution >= 4 is 0 Å². The highest BCUT2D eigenvalue weighted by atomic mass is 16.5. The Hall–Kier alpha value is -1.22. The molecule has 1 N–H and O–H groups in total. The quantitative estimate of drug-likeness (QED) is 0.731. The summed E-state index contributed by atoms with van der Waals surface area (Å²) >= 11 is 0. The maximum absolute atomic E-state index is 10.6. The van der Waals surface area contributed by atoms with Gasteiger partial charge in [-0.2, -0.15) is 0 Å². The molecule has 0 fully saturated rings. The van der Waals surface area contributed by atoms with E-state index in [0.717, 1.165) is 18.4 Å². The lowest BCUT2D eigenvalue weighted by atomic mass is 9.90. The Morgan fingerprint density at radius 1 is 1.10 bits per heavy atom. The molecule has 0 amide bonds. The van der Waals surface area contributed by atoms with E-state index in [1.165, 1.54) is 19.3 Å². The lowest BCUT2D eigenvalue weighted by Crippen LogP contribution is -2.09. The highest BCUT2D eigenvalue weighted by molar-refractivity contribution is 5.46. The van der Waals surface area contributed by atoms with Crippen molar-refractivity contribution in [3.63, 3.8) is 0 Å². The second-order valence-electron chi connectivity index (χ2n) is 5.24. The Kier molecular flexibility index (Phi) is 7.45. The molecule has 0 aliphatic rings. The van der Waals surface area contributed by atoms with Crippen molar-refractivity contribution in [1.82, 2.24) is 0 Å². The van der Waals surface area contributed by atoms with Crippen molar-refractivity contribution < 1.29 is 14.6 Å². The molecule has 3 nitrogen and oxygen atoms in total. The largest absolute Gasteiger partial charge is 0.496 e. The molecule has 0 radical (unpaired) electrons. The van der Waals surface area contributed by atoms with Gasteiger partial charge in [0.25, 0.3) is 0 Å². The molecule has 1 rings (SSSR count). The first-order valence-electron chi connectivity index (χ1n) is 7.56. The Labute approximate surface area is 122 Å². The number of aliphatic hydroxyl groups excluding tert-OH is 1. The van der Waals surface area contributed by atoms with Gasteiger partial charge in [0.05, 0.1) is 25.9 Å². The number of aliphatic hydroxyl groups is 1. The number of hydrogen-bond donors (Lipinski definition) is 1. The molecule has 0 aliphatic carbocycles. The molecule has 2 unspecified atom stereocenters. The number of methoxy groups -OCH3 is 2. The van der Waals surface area contributed by atoms with Gasteiger partial charge in [0, 0.05) is 0 Å². The number of unbranched alkanes of at least 4 members (excludes halogenated alkanes) is 1. The predicted molar refractivity (Wildman–Crippen MR) is 82.4 cm³/mol. The van der Waals surface area contributed by atoms with Crippen molar-refractivity contribution in [3.8, 4) is 11.5 Å². The molecule has 1 aromatic rings. The van der Waals surface area contributed by atoms with E-state index >= 15 is 0 Å². The zero-order valence-corrected chi connectivity index (χ0v) is 13.2. The fourth-order valence-electron chi connectivity index (χ4n) is 2.62. The first-order valence-corrected chi connectivity index (χ1v) is 7.56.